The van der Waals surface area contributed by atoms with E-state index in [0.717, 1.165) is 90.0 Å². The Morgan fingerprint density at radius 1 is 0.628 bits per heavy atom. The van der Waals surface area contributed by atoms with Gasteiger partial charge in [0, 0.05) is 77.9 Å². The second-order valence-corrected chi connectivity index (χ2v) is 23.3. The first kappa shape index (κ1) is 48.8. The van der Waals surface area contributed by atoms with Crippen molar-refractivity contribution in [2.24, 2.45) is 23.7 Å². The van der Waals surface area contributed by atoms with Crippen LogP contribution in [0, 0.1) is 42.5 Å². The molecule has 8 heteroatoms. The molecule has 0 N–H and O–H groups in total. The SMILES string of the molecule is CC(C)(C)c1cc(Oc2[c-]c3c(cc2)c2ccccc2n3-c2cc(C3(C4=CC=CN5C=CC=CB45)C4CC5CC(C4)CC3C5)ccn2)[c-]c(N2[CH-]N(c3c(-c4ccccc4)cccc3-c3ccccc3)c3ccccc32)c1.[Pt]. The van der Waals surface area contributed by atoms with Gasteiger partial charge in [0.2, 0.25) is 0 Å². The molecule has 0 spiro atoms. The number of hydrogen-bond donors (Lipinski definition) is 0. The van der Waals surface area contributed by atoms with Crippen LogP contribution < -0.4 is 14.5 Å². The quantitative estimate of drug-likeness (QED) is 0.106. The summed E-state index contributed by atoms with van der Waals surface area (Å²) in [6.45, 7) is 9.22. The summed E-state index contributed by atoms with van der Waals surface area (Å²) in [7, 11) is 0. The summed E-state index contributed by atoms with van der Waals surface area (Å²) in [5.74, 6) is 7.43. The number of hydrogen-bond acceptors (Lipinski definition) is 5. The number of fused-ring (bicyclic) bond motifs is 5. The van der Waals surface area contributed by atoms with Crippen molar-refractivity contribution < 1.29 is 25.8 Å². The summed E-state index contributed by atoms with van der Waals surface area (Å²) in [6, 6.07) is 66.6. The summed E-state index contributed by atoms with van der Waals surface area (Å²) >= 11 is 0. The van der Waals surface area contributed by atoms with Crippen LogP contribution in [0.3, 0.4) is 0 Å². The van der Waals surface area contributed by atoms with Gasteiger partial charge in [-0.3, -0.25) is 0 Å². The first-order chi connectivity index (χ1) is 37.8. The fourth-order valence-corrected chi connectivity index (χ4v) is 14.9. The van der Waals surface area contributed by atoms with E-state index in [1.807, 2.05) is 0 Å². The third-order valence-electron chi connectivity index (χ3n) is 18.0. The van der Waals surface area contributed by atoms with Crippen molar-refractivity contribution in [3.63, 3.8) is 0 Å². The fourth-order valence-electron chi connectivity index (χ4n) is 14.9. The number of para-hydroxylation sites is 4. The van der Waals surface area contributed by atoms with Crippen LogP contribution in [0.5, 0.6) is 11.5 Å². The van der Waals surface area contributed by atoms with E-state index < -0.39 is 0 Å². The number of nitrogens with zero attached hydrogens (tertiary/aromatic N) is 5. The zero-order valence-corrected chi connectivity index (χ0v) is 46.4. The van der Waals surface area contributed by atoms with Crippen LogP contribution in [-0.4, -0.2) is 21.2 Å². The number of aromatic nitrogens is 2. The van der Waals surface area contributed by atoms with E-state index in [2.05, 4.69) is 271 Å². The fraction of sp³-hybridized carbons (Fsp3) is 0.200. The minimum Gasteiger partial charge on any atom is -0.509 e. The number of allylic oxidation sites excluding steroid dienone is 5. The van der Waals surface area contributed by atoms with Crippen molar-refractivity contribution in [3.8, 4) is 39.6 Å². The monoisotopic (exact) mass is 1190 g/mol. The predicted molar refractivity (Wildman–Crippen MR) is 316 cm³/mol. The van der Waals surface area contributed by atoms with Crippen molar-refractivity contribution in [1.82, 2.24) is 14.4 Å². The van der Waals surface area contributed by atoms with Gasteiger partial charge in [0.25, 0.3) is 0 Å². The van der Waals surface area contributed by atoms with Crippen molar-refractivity contribution in [2.45, 2.75) is 63.7 Å². The Kier molecular flexibility index (Phi) is 11.9. The van der Waals surface area contributed by atoms with Crippen LogP contribution in [0.15, 0.2) is 218 Å². The summed E-state index contributed by atoms with van der Waals surface area (Å²) in [6.07, 6.45) is 22.4. The molecule has 4 aliphatic carbocycles. The van der Waals surface area contributed by atoms with Crippen LogP contribution in [0.4, 0.5) is 22.7 Å². The summed E-state index contributed by atoms with van der Waals surface area (Å²) in [4.78, 5) is 12.3. The first-order valence-corrected chi connectivity index (χ1v) is 27.7. The summed E-state index contributed by atoms with van der Waals surface area (Å²) in [5.41, 5.74) is 14.6. The van der Waals surface area contributed by atoms with Crippen molar-refractivity contribution in [1.29, 1.82) is 0 Å². The maximum absolute atomic E-state index is 7.06. The van der Waals surface area contributed by atoms with Crippen LogP contribution in [0.2, 0.25) is 0 Å². The van der Waals surface area contributed by atoms with Crippen molar-refractivity contribution in [3.05, 3.63) is 248 Å². The third kappa shape index (κ3) is 7.89. The van der Waals surface area contributed by atoms with Crippen LogP contribution in [-0.2, 0) is 31.9 Å². The molecule has 9 aromatic rings. The smallest absolute Gasteiger partial charge is 0.316 e. The number of pyridine rings is 1. The Morgan fingerprint density at radius 3 is 2.01 bits per heavy atom. The van der Waals surface area contributed by atoms with Gasteiger partial charge in [-0.05, 0) is 138 Å². The maximum atomic E-state index is 7.06. The maximum Gasteiger partial charge on any atom is 0.316 e. The first-order valence-electron chi connectivity index (χ1n) is 27.7. The summed E-state index contributed by atoms with van der Waals surface area (Å²) in [5, 5.41) is 2.28. The number of anilines is 4. The van der Waals surface area contributed by atoms with E-state index >= 15 is 0 Å². The van der Waals surface area contributed by atoms with Gasteiger partial charge in [0.15, 0.2) is 0 Å². The Balaban J connectivity index is 0.00000552. The zero-order chi connectivity index (χ0) is 51.4. The normalized spacial score (nSPS) is 21.8. The molecule has 4 saturated carbocycles. The van der Waals surface area contributed by atoms with Gasteiger partial charge in [-0.2, -0.15) is 6.07 Å². The molecule has 7 aliphatic rings. The summed E-state index contributed by atoms with van der Waals surface area (Å²) < 4.78 is 9.39. The van der Waals surface area contributed by atoms with Gasteiger partial charge in [0.1, 0.15) is 5.82 Å². The predicted octanol–water partition coefficient (Wildman–Crippen LogP) is 17.2. The molecule has 3 aliphatic heterocycles. The molecule has 0 atom stereocenters. The van der Waals surface area contributed by atoms with Gasteiger partial charge >= 0.3 is 6.85 Å². The van der Waals surface area contributed by atoms with E-state index in [1.165, 1.54) is 37.7 Å². The molecule has 6 nitrogen and oxygen atoms in total. The van der Waals surface area contributed by atoms with Gasteiger partial charge < -0.3 is 23.9 Å². The van der Waals surface area contributed by atoms with Gasteiger partial charge in [-0.25, -0.2) is 4.98 Å². The molecule has 16 rings (SSSR count). The molecule has 0 saturated heterocycles. The zero-order valence-electron chi connectivity index (χ0n) is 44.2. The Hall–Kier alpha value is -7.60. The molecule has 0 radical (unpaired) electrons. The molecule has 0 unspecified atom stereocenters. The molecule has 78 heavy (non-hydrogen) atoms. The van der Waals surface area contributed by atoms with Gasteiger partial charge in [-0.15, -0.1) is 53.6 Å². The van der Waals surface area contributed by atoms with Crippen LogP contribution in [0.25, 0.3) is 49.9 Å². The molecule has 5 heterocycles. The van der Waals surface area contributed by atoms with E-state index in [1.54, 1.807) is 5.47 Å². The van der Waals surface area contributed by atoms with Gasteiger partial charge in [0.05, 0.1) is 0 Å². The van der Waals surface area contributed by atoms with E-state index in [9.17, 15) is 0 Å². The van der Waals surface area contributed by atoms with E-state index in [4.69, 9.17) is 9.72 Å². The minimum atomic E-state index is -0.196. The van der Waals surface area contributed by atoms with Crippen LogP contribution >= 0.6 is 0 Å². The Bertz CT molecular complexity index is 3840. The van der Waals surface area contributed by atoms with Crippen LogP contribution in [0.1, 0.15) is 64.0 Å². The molecule has 4 fully saturated rings. The molecular weight excluding hydrogens is 1130 g/mol. The molecule has 0 amide bonds. The van der Waals surface area contributed by atoms with Crippen molar-refractivity contribution >= 4 is 51.4 Å². The van der Waals surface area contributed by atoms with Gasteiger partial charge in [-0.1, -0.05) is 159 Å². The van der Waals surface area contributed by atoms with E-state index in [0.29, 0.717) is 23.3 Å². The number of benzene rings is 7. The molecular formula is C70H59BN5OPt-3. The molecule has 7 aromatic carbocycles. The average Bonchev–Trinajstić information content (AvgIpc) is 4.06. The largest absolute Gasteiger partial charge is 0.509 e. The second kappa shape index (κ2) is 19.1. The Labute approximate surface area is 473 Å². The number of ether oxygens (including phenoxy) is 1. The molecule has 2 aromatic heterocycles. The second-order valence-electron chi connectivity index (χ2n) is 23.3. The molecule has 386 valence electrons. The minimum absolute atomic E-state index is 0. The van der Waals surface area contributed by atoms with E-state index in [-0.39, 0.29) is 38.7 Å². The number of rotatable bonds is 9. The topological polar surface area (TPSA) is 36.8 Å². The standard InChI is InChI=1S/C70H59BN5O.Pt/c1-69(2,3)52-41-55(74-46-75(64-27-13-12-26-63(64)74)68-58(49-18-6-4-7-19-49)23-16-24-59(68)50-20-8-5-9-21-50)44-57(42-52)77-56-29-30-61-60-22-10-11-25-62(60)76(65(61)45-56)67-43-51(31-33-72-67)70(53-37-47-36-48(39-53)40-54(70)38-47)66-28-17-35-73-34-15-14-32-71(66)73;/h4-35,41-43,46-48,53-54H,36-40H2,1-3H3;/q-3;. The third-order valence-corrected chi connectivity index (χ3v) is 18.0. The average molecular weight is 1190 g/mol. The Morgan fingerprint density at radius 2 is 1.29 bits per heavy atom. The molecule has 4 bridgehead atoms. The van der Waals surface area contributed by atoms with Crippen molar-refractivity contribution in [2.75, 3.05) is 9.80 Å².